The molecule has 0 radical (unpaired) electrons. The van der Waals surface area contributed by atoms with E-state index in [0.717, 1.165) is 33.5 Å². The largest absolute Gasteiger partial charge is 0.494 e. The molecule has 0 unspecified atom stereocenters. The zero-order valence-electron chi connectivity index (χ0n) is 17.7. The average Bonchev–Trinajstić information content (AvgIpc) is 3.36. The highest BCUT2D eigenvalue weighted by Gasteiger charge is 2.20. The second kappa shape index (κ2) is 10.4. The lowest BCUT2D eigenvalue weighted by atomic mass is 10.1. The number of hydrogen-bond acceptors (Lipinski definition) is 7. The molecular weight excluding hydrogens is 466 g/mol. The van der Waals surface area contributed by atoms with Gasteiger partial charge in [0.2, 0.25) is 5.13 Å². The van der Waals surface area contributed by atoms with Crippen LogP contribution in [0.4, 0.5) is 5.13 Å². The number of nitrogens with zero attached hydrogens (tertiary/aromatic N) is 2. The first-order chi connectivity index (χ1) is 15.5. The van der Waals surface area contributed by atoms with Crippen LogP contribution in [0.1, 0.15) is 41.4 Å². The molecule has 0 aliphatic rings. The van der Waals surface area contributed by atoms with Crippen molar-refractivity contribution in [3.05, 3.63) is 64.4 Å². The van der Waals surface area contributed by atoms with Crippen LogP contribution in [0.25, 0.3) is 11.0 Å². The Morgan fingerprint density at radius 1 is 1.25 bits per heavy atom. The molecule has 2 aromatic carbocycles. The number of hydrogen-bond donors (Lipinski definition) is 1. The Morgan fingerprint density at radius 3 is 2.91 bits per heavy atom. The summed E-state index contributed by atoms with van der Waals surface area (Å²) in [6.07, 6.45) is 2.03. The van der Waals surface area contributed by atoms with Crippen molar-refractivity contribution < 1.29 is 13.9 Å². The third-order valence-electron chi connectivity index (χ3n) is 4.77. The van der Waals surface area contributed by atoms with Gasteiger partial charge in [0.05, 0.1) is 12.2 Å². The molecule has 2 heterocycles. The van der Waals surface area contributed by atoms with Gasteiger partial charge in [0.15, 0.2) is 4.34 Å². The number of halogens is 1. The number of carbonyl (C=O) groups excluding carboxylic acids is 1. The van der Waals surface area contributed by atoms with E-state index in [1.54, 1.807) is 6.92 Å². The number of nitrogens with one attached hydrogen (secondary N) is 1. The molecule has 166 valence electrons. The van der Waals surface area contributed by atoms with Gasteiger partial charge in [-0.2, -0.15) is 0 Å². The lowest BCUT2D eigenvalue weighted by molar-refractivity contribution is 0.102. The molecule has 0 atom stereocenters. The van der Waals surface area contributed by atoms with E-state index >= 15 is 0 Å². The Morgan fingerprint density at radius 2 is 2.09 bits per heavy atom. The highest BCUT2D eigenvalue weighted by atomic mass is 35.5. The molecule has 0 aliphatic carbocycles. The van der Waals surface area contributed by atoms with Crippen molar-refractivity contribution >= 4 is 56.7 Å². The number of aryl methyl sites for hydroxylation is 1. The smallest absolute Gasteiger partial charge is 0.261 e. The third-order valence-corrected chi connectivity index (χ3v) is 7.15. The van der Waals surface area contributed by atoms with Gasteiger partial charge < -0.3 is 9.15 Å². The quantitative estimate of drug-likeness (QED) is 0.156. The lowest BCUT2D eigenvalue weighted by Crippen LogP contribution is -2.12. The van der Waals surface area contributed by atoms with Crippen molar-refractivity contribution in [1.82, 2.24) is 10.2 Å². The average molecular weight is 488 g/mol. The van der Waals surface area contributed by atoms with E-state index in [2.05, 4.69) is 22.4 Å². The van der Waals surface area contributed by atoms with Gasteiger partial charge in [-0.3, -0.25) is 10.1 Å². The van der Waals surface area contributed by atoms with Crippen molar-refractivity contribution in [3.8, 4) is 5.75 Å². The highest BCUT2D eigenvalue weighted by molar-refractivity contribution is 8.00. The maximum atomic E-state index is 13.0. The van der Waals surface area contributed by atoms with E-state index in [1.165, 1.54) is 23.1 Å². The summed E-state index contributed by atoms with van der Waals surface area (Å²) in [6.45, 7) is 4.53. The Hall–Kier alpha value is -2.55. The van der Waals surface area contributed by atoms with Gasteiger partial charge >= 0.3 is 0 Å². The van der Waals surface area contributed by atoms with Gasteiger partial charge in [-0.1, -0.05) is 66.2 Å². The van der Waals surface area contributed by atoms with Gasteiger partial charge in [0, 0.05) is 16.2 Å². The number of anilines is 1. The summed E-state index contributed by atoms with van der Waals surface area (Å²) in [5, 5.41) is 13.0. The molecule has 1 amide bonds. The van der Waals surface area contributed by atoms with E-state index in [1.807, 2.05) is 42.5 Å². The van der Waals surface area contributed by atoms with Crippen LogP contribution in [0.5, 0.6) is 5.75 Å². The van der Waals surface area contributed by atoms with E-state index in [0.29, 0.717) is 39.8 Å². The normalized spacial score (nSPS) is 11.1. The first-order valence-electron chi connectivity index (χ1n) is 10.2. The number of unbranched alkanes of at least 4 members (excludes halogenated alkanes) is 1. The first-order valence-corrected chi connectivity index (χ1v) is 12.4. The molecule has 0 spiro atoms. The number of ether oxygens (including phenoxy) is 1. The Bertz CT molecular complexity index is 1240. The second-order valence-electron chi connectivity index (χ2n) is 7.10. The van der Waals surface area contributed by atoms with E-state index < -0.39 is 0 Å². The fourth-order valence-electron chi connectivity index (χ4n) is 3.14. The summed E-state index contributed by atoms with van der Waals surface area (Å²) < 4.78 is 12.3. The molecule has 4 rings (SSSR count). The van der Waals surface area contributed by atoms with Gasteiger partial charge in [-0.05, 0) is 43.2 Å². The summed E-state index contributed by atoms with van der Waals surface area (Å²) in [5.74, 6) is 1.65. The maximum absolute atomic E-state index is 13.0. The number of fused-ring (bicyclic) bond motifs is 1. The predicted octanol–water partition coefficient (Wildman–Crippen LogP) is 6.97. The molecule has 0 saturated heterocycles. The van der Waals surface area contributed by atoms with Gasteiger partial charge in [-0.25, -0.2) is 0 Å². The van der Waals surface area contributed by atoms with Crippen molar-refractivity contribution in [2.45, 2.75) is 36.8 Å². The molecular formula is C23H22ClN3O3S2. The van der Waals surface area contributed by atoms with Gasteiger partial charge in [-0.15, -0.1) is 10.2 Å². The van der Waals surface area contributed by atoms with Crippen molar-refractivity contribution in [1.29, 1.82) is 0 Å². The molecule has 6 nitrogen and oxygen atoms in total. The highest BCUT2D eigenvalue weighted by Crippen LogP contribution is 2.32. The SMILES string of the molecule is CCCCOc1ccc2oc(C)c(C(=O)Nc3nnc(SCc4ccccc4Cl)s3)c2c1. The molecule has 0 aliphatic heterocycles. The minimum absolute atomic E-state index is 0.286. The number of thioether (sulfide) groups is 1. The number of aromatic nitrogens is 2. The molecule has 4 aromatic rings. The van der Waals surface area contributed by atoms with Crippen LogP contribution in [0.2, 0.25) is 5.02 Å². The molecule has 32 heavy (non-hydrogen) atoms. The standard InChI is InChI=1S/C23H22ClN3O3S2/c1-3-4-11-29-16-9-10-19-17(12-16)20(14(2)30-19)21(28)25-22-26-27-23(32-22)31-13-15-7-5-6-8-18(15)24/h5-10,12H,3-4,11,13H2,1-2H3,(H,25,26,28). The zero-order valence-corrected chi connectivity index (χ0v) is 20.1. The predicted molar refractivity (Wildman–Crippen MR) is 130 cm³/mol. The lowest BCUT2D eigenvalue weighted by Gasteiger charge is -2.05. The summed E-state index contributed by atoms with van der Waals surface area (Å²) in [6, 6.07) is 13.2. The first kappa shape index (κ1) is 22.6. The molecule has 0 fully saturated rings. The van der Waals surface area contributed by atoms with Gasteiger partial charge in [0.25, 0.3) is 5.91 Å². The van der Waals surface area contributed by atoms with Crippen LogP contribution < -0.4 is 10.1 Å². The second-order valence-corrected chi connectivity index (χ2v) is 9.71. The van der Waals surface area contributed by atoms with Crippen LogP contribution in [0.15, 0.2) is 51.2 Å². The molecule has 9 heteroatoms. The van der Waals surface area contributed by atoms with Gasteiger partial charge in [0.1, 0.15) is 17.1 Å². The van der Waals surface area contributed by atoms with Crippen LogP contribution in [-0.2, 0) is 5.75 Å². The summed E-state index contributed by atoms with van der Waals surface area (Å²) in [7, 11) is 0. The van der Waals surface area contributed by atoms with Crippen molar-refractivity contribution in [2.24, 2.45) is 0 Å². The van der Waals surface area contributed by atoms with E-state index in [4.69, 9.17) is 20.8 Å². The van der Waals surface area contributed by atoms with Crippen molar-refractivity contribution in [2.75, 3.05) is 11.9 Å². The molecule has 1 N–H and O–H groups in total. The Kier molecular flexibility index (Phi) is 7.34. The number of carbonyl (C=O) groups is 1. The molecule has 0 bridgehead atoms. The third kappa shape index (κ3) is 5.26. The molecule has 0 saturated carbocycles. The maximum Gasteiger partial charge on any atom is 0.261 e. The van der Waals surface area contributed by atoms with Crippen molar-refractivity contribution in [3.63, 3.8) is 0 Å². The number of benzene rings is 2. The monoisotopic (exact) mass is 487 g/mol. The van der Waals surface area contributed by atoms with Crippen LogP contribution >= 0.6 is 34.7 Å². The Balaban J connectivity index is 1.46. The van der Waals surface area contributed by atoms with Crippen LogP contribution in [0.3, 0.4) is 0 Å². The van der Waals surface area contributed by atoms with Crippen LogP contribution in [-0.4, -0.2) is 22.7 Å². The fourth-order valence-corrected chi connectivity index (χ4v) is 5.17. The minimum Gasteiger partial charge on any atom is -0.494 e. The number of furan rings is 1. The zero-order chi connectivity index (χ0) is 22.5. The summed E-state index contributed by atoms with van der Waals surface area (Å²) >= 11 is 9.06. The summed E-state index contributed by atoms with van der Waals surface area (Å²) in [5.41, 5.74) is 2.14. The van der Waals surface area contributed by atoms with E-state index in [9.17, 15) is 4.79 Å². The van der Waals surface area contributed by atoms with E-state index in [-0.39, 0.29) is 5.91 Å². The summed E-state index contributed by atoms with van der Waals surface area (Å²) in [4.78, 5) is 13.0. The number of rotatable bonds is 9. The topological polar surface area (TPSA) is 77.2 Å². The minimum atomic E-state index is -0.286. The van der Waals surface area contributed by atoms with Crippen LogP contribution in [0, 0.1) is 6.92 Å². The fraction of sp³-hybridized carbons (Fsp3) is 0.261. The number of amides is 1. The molecule has 2 aromatic heterocycles. The Labute approximate surface area is 199 Å².